The van der Waals surface area contributed by atoms with Gasteiger partial charge in [0.05, 0.1) is 29.8 Å². The molecule has 0 N–H and O–H groups in total. The van der Waals surface area contributed by atoms with Crippen LogP contribution in [0.1, 0.15) is 16.7 Å². The van der Waals surface area contributed by atoms with Crippen LogP contribution in [-0.2, 0) is 16.6 Å². The summed E-state index contributed by atoms with van der Waals surface area (Å²) < 4.78 is 33.3. The summed E-state index contributed by atoms with van der Waals surface area (Å²) in [6.07, 6.45) is 0. The molecule has 28 heavy (non-hydrogen) atoms. The van der Waals surface area contributed by atoms with Crippen molar-refractivity contribution in [1.29, 1.82) is 5.26 Å². The molecular formula is C22H20N2O3S. The molecule has 0 aliphatic heterocycles. The molecule has 0 aliphatic carbocycles. The number of nitriles is 1. The van der Waals surface area contributed by atoms with E-state index in [-0.39, 0.29) is 17.0 Å². The third-order valence-corrected chi connectivity index (χ3v) is 6.16. The van der Waals surface area contributed by atoms with Gasteiger partial charge in [-0.15, -0.1) is 0 Å². The Bertz CT molecular complexity index is 1100. The lowest BCUT2D eigenvalue weighted by molar-refractivity contribution is 0.413. The van der Waals surface area contributed by atoms with Gasteiger partial charge in [-0.25, -0.2) is 8.42 Å². The van der Waals surface area contributed by atoms with Gasteiger partial charge in [0.15, 0.2) is 0 Å². The summed E-state index contributed by atoms with van der Waals surface area (Å²) in [6.45, 7) is 2.05. The molecule has 6 heteroatoms. The van der Waals surface area contributed by atoms with E-state index in [1.165, 1.54) is 17.5 Å². The zero-order valence-electron chi connectivity index (χ0n) is 15.7. The first-order valence-corrected chi connectivity index (χ1v) is 10.1. The van der Waals surface area contributed by atoms with Crippen LogP contribution in [0.4, 0.5) is 5.69 Å². The van der Waals surface area contributed by atoms with Gasteiger partial charge in [-0.05, 0) is 42.8 Å². The molecule has 0 saturated carbocycles. The van der Waals surface area contributed by atoms with Crippen LogP contribution in [0, 0.1) is 18.3 Å². The first-order chi connectivity index (χ1) is 13.5. The summed E-state index contributed by atoms with van der Waals surface area (Å²) >= 11 is 0. The molecule has 142 valence electrons. The second-order valence-corrected chi connectivity index (χ2v) is 8.17. The van der Waals surface area contributed by atoms with Crippen molar-refractivity contribution in [2.45, 2.75) is 18.4 Å². The molecule has 0 aliphatic rings. The van der Waals surface area contributed by atoms with E-state index in [4.69, 9.17) is 4.74 Å². The Labute approximate surface area is 165 Å². The molecule has 0 amide bonds. The van der Waals surface area contributed by atoms with Gasteiger partial charge in [-0.1, -0.05) is 48.0 Å². The van der Waals surface area contributed by atoms with E-state index in [0.29, 0.717) is 11.4 Å². The van der Waals surface area contributed by atoms with Gasteiger partial charge in [-0.2, -0.15) is 5.26 Å². The quantitative estimate of drug-likeness (QED) is 0.628. The zero-order chi connectivity index (χ0) is 20.1. The Morgan fingerprint density at radius 1 is 1.00 bits per heavy atom. The standard InChI is InChI=1S/C22H20N2O3S/c1-17-8-11-21(12-9-17)28(25,26)24(16-18-6-4-3-5-7-18)20-10-13-22(27-2)19(14-20)15-23/h3-14H,16H2,1-2H3. The molecule has 0 unspecified atom stereocenters. The van der Waals surface area contributed by atoms with E-state index in [0.717, 1.165) is 11.1 Å². The number of nitrogens with zero attached hydrogens (tertiary/aromatic N) is 2. The molecule has 0 fully saturated rings. The van der Waals surface area contributed by atoms with Gasteiger partial charge >= 0.3 is 0 Å². The number of aryl methyl sites for hydroxylation is 1. The number of rotatable bonds is 6. The van der Waals surface area contributed by atoms with Crippen LogP contribution >= 0.6 is 0 Å². The van der Waals surface area contributed by atoms with Gasteiger partial charge in [0.2, 0.25) is 0 Å². The third kappa shape index (κ3) is 4.00. The Balaban J connectivity index is 2.12. The first kappa shape index (κ1) is 19.5. The smallest absolute Gasteiger partial charge is 0.264 e. The van der Waals surface area contributed by atoms with E-state index in [1.807, 2.05) is 37.3 Å². The summed E-state index contributed by atoms with van der Waals surface area (Å²) in [6, 6.07) is 22.9. The molecule has 3 aromatic rings. The monoisotopic (exact) mass is 392 g/mol. The van der Waals surface area contributed by atoms with Crippen molar-refractivity contribution in [1.82, 2.24) is 0 Å². The average Bonchev–Trinajstić information content (AvgIpc) is 2.72. The van der Waals surface area contributed by atoms with Crippen LogP contribution in [0.2, 0.25) is 0 Å². The molecule has 0 heterocycles. The molecule has 0 atom stereocenters. The predicted molar refractivity (Wildman–Crippen MR) is 109 cm³/mol. The van der Waals surface area contributed by atoms with Crippen molar-refractivity contribution in [2.75, 3.05) is 11.4 Å². The molecule has 5 nitrogen and oxygen atoms in total. The van der Waals surface area contributed by atoms with Gasteiger partial charge < -0.3 is 4.74 Å². The molecule has 0 aromatic heterocycles. The van der Waals surface area contributed by atoms with Gasteiger partial charge in [-0.3, -0.25) is 4.31 Å². The molecular weight excluding hydrogens is 372 g/mol. The summed E-state index contributed by atoms with van der Waals surface area (Å²) in [4.78, 5) is 0.198. The fourth-order valence-corrected chi connectivity index (χ4v) is 4.28. The summed E-state index contributed by atoms with van der Waals surface area (Å²) in [5, 5.41) is 9.40. The minimum absolute atomic E-state index is 0.147. The van der Waals surface area contributed by atoms with Crippen molar-refractivity contribution < 1.29 is 13.2 Å². The fourth-order valence-electron chi connectivity index (χ4n) is 2.84. The number of anilines is 1. The van der Waals surface area contributed by atoms with Gasteiger partial charge in [0, 0.05) is 0 Å². The van der Waals surface area contributed by atoms with Crippen molar-refractivity contribution in [3.63, 3.8) is 0 Å². The lowest BCUT2D eigenvalue weighted by Gasteiger charge is -2.25. The number of hydrogen-bond donors (Lipinski definition) is 0. The highest BCUT2D eigenvalue weighted by molar-refractivity contribution is 7.92. The van der Waals surface area contributed by atoms with E-state index in [1.54, 1.807) is 36.4 Å². The average molecular weight is 392 g/mol. The van der Waals surface area contributed by atoms with E-state index >= 15 is 0 Å². The van der Waals surface area contributed by atoms with Gasteiger partial charge in [0.1, 0.15) is 11.8 Å². The molecule has 3 rings (SSSR count). The summed E-state index contributed by atoms with van der Waals surface area (Å²) in [7, 11) is -2.36. The van der Waals surface area contributed by atoms with Crippen molar-refractivity contribution in [3.05, 3.63) is 89.5 Å². The maximum atomic E-state index is 13.4. The number of methoxy groups -OCH3 is 1. The summed E-state index contributed by atoms with van der Waals surface area (Å²) in [5.74, 6) is 0.402. The zero-order valence-corrected chi connectivity index (χ0v) is 16.5. The Kier molecular flexibility index (Phi) is 5.67. The van der Waals surface area contributed by atoms with Crippen LogP contribution < -0.4 is 9.04 Å². The third-order valence-electron chi connectivity index (χ3n) is 4.37. The first-order valence-electron chi connectivity index (χ1n) is 8.67. The summed E-state index contributed by atoms with van der Waals surface area (Å²) in [5.41, 5.74) is 2.50. The molecule has 0 radical (unpaired) electrons. The minimum Gasteiger partial charge on any atom is -0.495 e. The van der Waals surface area contributed by atoms with E-state index < -0.39 is 10.0 Å². The topological polar surface area (TPSA) is 70.4 Å². The molecule has 3 aromatic carbocycles. The number of ether oxygens (including phenoxy) is 1. The van der Waals surface area contributed by atoms with Crippen molar-refractivity contribution in [2.24, 2.45) is 0 Å². The van der Waals surface area contributed by atoms with Crippen molar-refractivity contribution in [3.8, 4) is 11.8 Å². The lowest BCUT2D eigenvalue weighted by Crippen LogP contribution is -2.30. The SMILES string of the molecule is COc1ccc(N(Cc2ccccc2)S(=O)(=O)c2ccc(C)cc2)cc1C#N. The normalized spacial score (nSPS) is 10.9. The Morgan fingerprint density at radius 2 is 1.68 bits per heavy atom. The molecule has 0 saturated heterocycles. The maximum absolute atomic E-state index is 13.4. The van der Waals surface area contributed by atoms with Crippen LogP contribution in [0.15, 0.2) is 77.7 Å². The largest absolute Gasteiger partial charge is 0.495 e. The fraction of sp³-hybridized carbons (Fsp3) is 0.136. The lowest BCUT2D eigenvalue weighted by atomic mass is 10.1. The van der Waals surface area contributed by atoms with Crippen LogP contribution in [-0.4, -0.2) is 15.5 Å². The van der Waals surface area contributed by atoms with E-state index in [9.17, 15) is 13.7 Å². The Hall–Kier alpha value is -3.30. The Morgan fingerprint density at radius 3 is 2.29 bits per heavy atom. The molecule has 0 spiro atoms. The maximum Gasteiger partial charge on any atom is 0.264 e. The van der Waals surface area contributed by atoms with E-state index in [2.05, 4.69) is 6.07 Å². The minimum atomic E-state index is -3.83. The van der Waals surface area contributed by atoms with Crippen LogP contribution in [0.5, 0.6) is 5.75 Å². The van der Waals surface area contributed by atoms with Crippen molar-refractivity contribution >= 4 is 15.7 Å². The molecule has 0 bridgehead atoms. The van der Waals surface area contributed by atoms with Gasteiger partial charge in [0.25, 0.3) is 10.0 Å². The second-order valence-electron chi connectivity index (χ2n) is 6.31. The van der Waals surface area contributed by atoms with Crippen LogP contribution in [0.25, 0.3) is 0 Å². The number of hydrogen-bond acceptors (Lipinski definition) is 4. The second kappa shape index (κ2) is 8.15. The highest BCUT2D eigenvalue weighted by atomic mass is 32.2. The number of sulfonamides is 1. The number of benzene rings is 3. The highest BCUT2D eigenvalue weighted by Crippen LogP contribution is 2.30. The highest BCUT2D eigenvalue weighted by Gasteiger charge is 2.26. The predicted octanol–water partition coefficient (Wildman–Crippen LogP) is 4.27. The van der Waals surface area contributed by atoms with Crippen LogP contribution in [0.3, 0.4) is 0 Å².